The number of aliphatic hydroxyl groups excluding tert-OH is 3. The van der Waals surface area contributed by atoms with Crippen LogP contribution in [-0.4, -0.2) is 128 Å². The van der Waals surface area contributed by atoms with Gasteiger partial charge in [0.2, 0.25) is 5.78 Å². The number of fused-ring (bicyclic) bond motifs is 3. The van der Waals surface area contributed by atoms with Crippen molar-refractivity contribution in [3.63, 3.8) is 0 Å². The molecule has 1 saturated carbocycles. The largest absolute Gasteiger partial charge is 0.508 e. The summed E-state index contributed by atoms with van der Waals surface area (Å²) in [5.74, 6) is -9.74. The standard InChI is InChI=1S/C27H33N5O14/c1-12-13-5-4-6-14(33)16(13)21(34)17-15(12)22(35)19-20(29(2)3)23(36)18(25(38)27(19,40)24(17)37)26(39)28-11-30(7-9-45-31(41)42)8-10-46-32(43)44/h4-6,12,15,19-20,22,33-35,38,40H,7-11H2,1-3H3,(H,28,39)/t12-,15+,19+,20-,22-,27-/m0/s1. The van der Waals surface area contributed by atoms with Crippen LogP contribution in [0.2, 0.25) is 0 Å². The van der Waals surface area contributed by atoms with Gasteiger partial charge in [-0.05, 0) is 31.6 Å². The van der Waals surface area contributed by atoms with Crippen LogP contribution in [0.4, 0.5) is 0 Å². The van der Waals surface area contributed by atoms with Crippen LogP contribution in [0.5, 0.6) is 5.75 Å². The van der Waals surface area contributed by atoms with Gasteiger partial charge in [0.1, 0.15) is 36.1 Å². The van der Waals surface area contributed by atoms with Crippen molar-refractivity contribution in [3.8, 4) is 5.75 Å². The van der Waals surface area contributed by atoms with Crippen LogP contribution in [0.25, 0.3) is 5.76 Å². The number of carbonyl (C=O) groups is 3. The molecular weight excluding hydrogens is 618 g/mol. The first-order chi connectivity index (χ1) is 21.5. The number of Topliss-reactive ketones (excluding diaryl/α,β-unsaturated/α-hetero) is 2. The molecule has 19 heteroatoms. The average molecular weight is 652 g/mol. The molecule has 0 unspecified atom stereocenters. The third-order valence-electron chi connectivity index (χ3n) is 8.65. The second kappa shape index (κ2) is 12.9. The minimum Gasteiger partial charge on any atom is -0.508 e. The highest BCUT2D eigenvalue weighted by Crippen LogP contribution is 2.56. The SMILES string of the molecule is C[C@H]1c2cccc(O)c2C(O)=C2C(=O)[C@]3(O)C(O)=C(C(=O)NCN(CCO[N+](=O)[O-])CCO[N+](=O)[O-])C(=O)[C@@H](N(C)C)[C@@H]3[C@@H](O)[C@@H]21. The summed E-state index contributed by atoms with van der Waals surface area (Å²) in [5.41, 5.74) is -4.35. The normalized spacial score (nSPS) is 27.2. The molecule has 46 heavy (non-hydrogen) atoms. The van der Waals surface area contributed by atoms with Crippen LogP contribution in [0.3, 0.4) is 0 Å². The summed E-state index contributed by atoms with van der Waals surface area (Å²) in [6, 6.07) is 2.81. The number of ketones is 2. The molecule has 1 amide bonds. The van der Waals surface area contributed by atoms with Crippen LogP contribution in [0.1, 0.15) is 24.0 Å². The Morgan fingerprint density at radius 2 is 1.65 bits per heavy atom. The Morgan fingerprint density at radius 1 is 1.07 bits per heavy atom. The van der Waals surface area contributed by atoms with Gasteiger partial charge >= 0.3 is 0 Å². The van der Waals surface area contributed by atoms with Crippen molar-refractivity contribution >= 4 is 23.2 Å². The molecule has 0 aliphatic heterocycles. The van der Waals surface area contributed by atoms with Gasteiger partial charge in [0, 0.05) is 24.6 Å². The van der Waals surface area contributed by atoms with Gasteiger partial charge in [-0.2, -0.15) is 0 Å². The predicted molar refractivity (Wildman–Crippen MR) is 152 cm³/mol. The van der Waals surface area contributed by atoms with Crippen molar-refractivity contribution < 1.29 is 59.8 Å². The Bertz CT molecular complexity index is 1510. The topological polar surface area (TPSA) is 276 Å². The molecule has 0 spiro atoms. The van der Waals surface area contributed by atoms with Gasteiger partial charge in [0.25, 0.3) is 16.1 Å². The molecule has 250 valence electrons. The third kappa shape index (κ3) is 5.68. The molecule has 0 saturated heterocycles. The van der Waals surface area contributed by atoms with E-state index in [4.69, 9.17) is 0 Å². The van der Waals surface area contributed by atoms with E-state index in [1.807, 2.05) is 0 Å². The minimum atomic E-state index is -3.09. The lowest BCUT2D eigenvalue weighted by Crippen LogP contribution is -2.70. The number of phenolic OH excluding ortho intramolecular Hbond substituents is 1. The van der Waals surface area contributed by atoms with E-state index in [-0.39, 0.29) is 24.4 Å². The van der Waals surface area contributed by atoms with Crippen molar-refractivity contribution in [2.24, 2.45) is 11.8 Å². The number of carbonyl (C=O) groups excluding carboxylic acids is 3. The number of rotatable bonds is 12. The Labute approximate surface area is 260 Å². The molecule has 3 aliphatic rings. The lowest BCUT2D eigenvalue weighted by Gasteiger charge is -2.53. The quantitative estimate of drug-likeness (QED) is 0.0670. The Kier molecular flexibility index (Phi) is 9.52. The van der Waals surface area contributed by atoms with Crippen LogP contribution < -0.4 is 5.32 Å². The van der Waals surface area contributed by atoms with E-state index in [0.717, 1.165) is 0 Å². The first-order valence-corrected chi connectivity index (χ1v) is 14.0. The molecular formula is C27H33N5O14. The molecule has 1 aromatic rings. The molecule has 19 nitrogen and oxygen atoms in total. The maximum Gasteiger partial charge on any atom is 0.294 e. The van der Waals surface area contributed by atoms with Crippen molar-refractivity contribution in [2.45, 2.75) is 30.6 Å². The number of aromatic hydroxyl groups is 1. The lowest BCUT2D eigenvalue weighted by atomic mass is 9.54. The van der Waals surface area contributed by atoms with E-state index in [0.29, 0.717) is 5.56 Å². The number of hydrogen-bond acceptors (Lipinski definition) is 16. The minimum absolute atomic E-state index is 0.108. The van der Waals surface area contributed by atoms with E-state index >= 15 is 0 Å². The molecule has 1 aromatic carbocycles. The summed E-state index contributed by atoms with van der Waals surface area (Å²) >= 11 is 0. The summed E-state index contributed by atoms with van der Waals surface area (Å²) in [4.78, 5) is 73.3. The highest BCUT2D eigenvalue weighted by Gasteiger charge is 2.68. The highest BCUT2D eigenvalue weighted by atomic mass is 17.0. The van der Waals surface area contributed by atoms with Crippen molar-refractivity contribution in [1.29, 1.82) is 0 Å². The second-order valence-corrected chi connectivity index (χ2v) is 11.3. The lowest BCUT2D eigenvalue weighted by molar-refractivity contribution is -0.758. The summed E-state index contributed by atoms with van der Waals surface area (Å²) < 4.78 is 0. The van der Waals surface area contributed by atoms with E-state index in [2.05, 4.69) is 15.0 Å². The summed E-state index contributed by atoms with van der Waals surface area (Å²) in [7, 11) is 2.79. The molecule has 3 aliphatic carbocycles. The molecule has 0 radical (unpaired) electrons. The molecule has 4 rings (SSSR count). The van der Waals surface area contributed by atoms with E-state index < -0.39 is 106 Å². The highest BCUT2D eigenvalue weighted by molar-refractivity contribution is 6.25. The Morgan fingerprint density at radius 3 is 2.20 bits per heavy atom. The fourth-order valence-electron chi connectivity index (χ4n) is 6.59. The van der Waals surface area contributed by atoms with Crippen LogP contribution >= 0.6 is 0 Å². The molecule has 1 fully saturated rings. The van der Waals surface area contributed by atoms with Gasteiger partial charge in [0.05, 0.1) is 30.3 Å². The average Bonchev–Trinajstić information content (AvgIpc) is 2.97. The zero-order valence-electron chi connectivity index (χ0n) is 24.9. The number of hydrogen-bond donors (Lipinski definition) is 6. The van der Waals surface area contributed by atoms with Gasteiger partial charge in [-0.25, -0.2) is 0 Å². The number of likely N-dealkylation sites (N-methyl/N-ethyl adjacent to an activating group) is 1. The van der Waals surface area contributed by atoms with Crippen LogP contribution in [0, 0.1) is 32.1 Å². The summed E-state index contributed by atoms with van der Waals surface area (Å²) in [6.45, 7) is -0.417. The first-order valence-electron chi connectivity index (χ1n) is 14.0. The van der Waals surface area contributed by atoms with Crippen molar-refractivity contribution in [2.75, 3.05) is 47.1 Å². The molecule has 6 atom stereocenters. The number of nitrogens with zero attached hydrogens (tertiary/aromatic N) is 4. The fraction of sp³-hybridized carbons (Fsp3) is 0.519. The summed E-state index contributed by atoms with van der Waals surface area (Å²) in [5, 5.41) is 77.9. The van der Waals surface area contributed by atoms with Crippen molar-refractivity contribution in [1.82, 2.24) is 15.1 Å². The van der Waals surface area contributed by atoms with Crippen molar-refractivity contribution in [3.05, 3.63) is 66.5 Å². The van der Waals surface area contributed by atoms with Gasteiger partial charge in [-0.15, -0.1) is 20.2 Å². The number of benzene rings is 1. The monoisotopic (exact) mass is 651 g/mol. The second-order valence-electron chi connectivity index (χ2n) is 11.3. The Hall–Kier alpha value is -4.85. The molecule has 6 N–H and O–H groups in total. The Balaban J connectivity index is 1.74. The first kappa shape index (κ1) is 34.0. The van der Waals surface area contributed by atoms with Gasteiger partial charge in [-0.1, -0.05) is 19.1 Å². The van der Waals surface area contributed by atoms with E-state index in [1.165, 1.54) is 36.0 Å². The van der Waals surface area contributed by atoms with Crippen LogP contribution in [-0.2, 0) is 24.1 Å². The van der Waals surface area contributed by atoms with E-state index in [1.54, 1.807) is 13.0 Å². The summed E-state index contributed by atoms with van der Waals surface area (Å²) in [6.07, 6.45) is -1.73. The van der Waals surface area contributed by atoms with Gasteiger partial charge in [-0.3, -0.25) is 24.2 Å². The van der Waals surface area contributed by atoms with Gasteiger partial charge < -0.3 is 40.5 Å². The third-order valence-corrected chi connectivity index (χ3v) is 8.65. The number of nitrogens with one attached hydrogen (secondary N) is 1. The van der Waals surface area contributed by atoms with Crippen LogP contribution in [0.15, 0.2) is 35.1 Å². The van der Waals surface area contributed by atoms with E-state index in [9.17, 15) is 60.1 Å². The van der Waals surface area contributed by atoms with Gasteiger partial charge in [0.15, 0.2) is 11.4 Å². The maximum atomic E-state index is 14.1. The number of aliphatic hydroxyl groups is 4. The molecule has 0 heterocycles. The number of phenols is 1. The number of amides is 1. The molecule has 0 bridgehead atoms. The smallest absolute Gasteiger partial charge is 0.294 e. The maximum absolute atomic E-state index is 14.1. The fourth-order valence-corrected chi connectivity index (χ4v) is 6.59. The zero-order chi connectivity index (χ0) is 34.2. The predicted octanol–water partition coefficient (Wildman–Crippen LogP) is -1.20. The molecule has 0 aromatic heterocycles. The zero-order valence-corrected chi connectivity index (χ0v) is 24.9.